The molecule has 0 heterocycles. The molecule has 1 N–H and O–H groups in total. The molecule has 0 aromatic heterocycles. The molecule has 0 aliphatic carbocycles. The van der Waals surface area contributed by atoms with Crippen LogP contribution in [0.2, 0.25) is 0 Å². The van der Waals surface area contributed by atoms with Crippen molar-refractivity contribution in [3.8, 4) is 11.5 Å². The fourth-order valence-corrected chi connectivity index (χ4v) is 3.06. The average molecular weight is 397 g/mol. The first-order chi connectivity index (χ1) is 14.1. The molecule has 2 rings (SSSR count). The van der Waals surface area contributed by atoms with E-state index in [0.29, 0.717) is 18.0 Å². The fraction of sp³-hybridized carbons (Fsp3) is 0.375. The molecule has 2 aromatic carbocycles. The van der Waals surface area contributed by atoms with E-state index < -0.39 is 0 Å². The van der Waals surface area contributed by atoms with E-state index >= 15 is 0 Å². The quantitative estimate of drug-likeness (QED) is 0.616. The number of carbonyl (C=O) groups excluding carboxylic acids is 1. The summed E-state index contributed by atoms with van der Waals surface area (Å²) in [6.07, 6.45) is 3.94. The summed E-state index contributed by atoms with van der Waals surface area (Å²) in [6, 6.07) is 13.9. The van der Waals surface area contributed by atoms with Crippen LogP contribution in [0.25, 0.3) is 6.08 Å². The standard InChI is InChI=1S/C24H32N2O3/c1-5-10-19-13-14-22(23(15-19)28-4)29-18-24(27)25-16-20-11-8-9-12-21(20)17-26(6-2)7-3/h5,8-15H,6-7,16-18H2,1-4H3,(H,25,27)/b10-5+. The molecule has 0 atom stereocenters. The predicted octanol–water partition coefficient (Wildman–Crippen LogP) is 4.27. The normalized spacial score (nSPS) is 11.1. The zero-order valence-corrected chi connectivity index (χ0v) is 17.9. The van der Waals surface area contributed by atoms with Gasteiger partial charge >= 0.3 is 0 Å². The van der Waals surface area contributed by atoms with Gasteiger partial charge in [0.2, 0.25) is 0 Å². The highest BCUT2D eigenvalue weighted by atomic mass is 16.5. The lowest BCUT2D eigenvalue weighted by molar-refractivity contribution is -0.123. The van der Waals surface area contributed by atoms with Crippen molar-refractivity contribution in [3.05, 3.63) is 65.2 Å². The average Bonchev–Trinajstić information content (AvgIpc) is 2.75. The van der Waals surface area contributed by atoms with Gasteiger partial charge in [-0.2, -0.15) is 0 Å². The van der Waals surface area contributed by atoms with Gasteiger partial charge in [-0.25, -0.2) is 0 Å². The Labute approximate surface area is 174 Å². The van der Waals surface area contributed by atoms with E-state index in [1.165, 1.54) is 5.56 Å². The number of hydrogen-bond donors (Lipinski definition) is 1. The molecule has 1 amide bonds. The van der Waals surface area contributed by atoms with Crippen molar-refractivity contribution in [2.24, 2.45) is 0 Å². The lowest BCUT2D eigenvalue weighted by Gasteiger charge is -2.20. The van der Waals surface area contributed by atoms with E-state index in [0.717, 1.165) is 30.8 Å². The Morgan fingerprint density at radius 3 is 2.45 bits per heavy atom. The summed E-state index contributed by atoms with van der Waals surface area (Å²) in [7, 11) is 1.59. The highest BCUT2D eigenvalue weighted by Gasteiger charge is 2.10. The molecule has 5 nitrogen and oxygen atoms in total. The first-order valence-electron chi connectivity index (χ1n) is 10.1. The van der Waals surface area contributed by atoms with Crippen LogP contribution >= 0.6 is 0 Å². The number of amides is 1. The molecule has 0 saturated heterocycles. The van der Waals surface area contributed by atoms with Crippen LogP contribution in [0.1, 0.15) is 37.5 Å². The number of rotatable bonds is 11. The molecule has 0 aliphatic rings. The summed E-state index contributed by atoms with van der Waals surface area (Å²) in [5.41, 5.74) is 3.38. The molecule has 0 radical (unpaired) electrons. The van der Waals surface area contributed by atoms with Crippen molar-refractivity contribution < 1.29 is 14.3 Å². The maximum atomic E-state index is 12.3. The Morgan fingerprint density at radius 2 is 1.79 bits per heavy atom. The molecule has 156 valence electrons. The van der Waals surface area contributed by atoms with Crippen LogP contribution in [0.4, 0.5) is 0 Å². The van der Waals surface area contributed by atoms with E-state index in [4.69, 9.17) is 9.47 Å². The summed E-state index contributed by atoms with van der Waals surface area (Å²) < 4.78 is 11.0. The van der Waals surface area contributed by atoms with Gasteiger partial charge in [0, 0.05) is 13.1 Å². The maximum absolute atomic E-state index is 12.3. The van der Waals surface area contributed by atoms with E-state index in [1.807, 2.05) is 49.4 Å². The largest absolute Gasteiger partial charge is 0.493 e. The molecule has 0 bridgehead atoms. The van der Waals surface area contributed by atoms with E-state index in [9.17, 15) is 4.79 Å². The van der Waals surface area contributed by atoms with E-state index in [-0.39, 0.29) is 12.5 Å². The van der Waals surface area contributed by atoms with Crippen LogP contribution in [-0.4, -0.2) is 37.6 Å². The lowest BCUT2D eigenvalue weighted by Crippen LogP contribution is -2.29. The molecule has 29 heavy (non-hydrogen) atoms. The number of methoxy groups -OCH3 is 1. The van der Waals surface area contributed by atoms with Crippen LogP contribution in [-0.2, 0) is 17.9 Å². The van der Waals surface area contributed by atoms with Crippen molar-refractivity contribution in [1.82, 2.24) is 10.2 Å². The monoisotopic (exact) mass is 396 g/mol. The molecule has 0 aliphatic heterocycles. The summed E-state index contributed by atoms with van der Waals surface area (Å²) in [5, 5.41) is 2.95. The van der Waals surface area contributed by atoms with Crippen molar-refractivity contribution in [2.75, 3.05) is 26.8 Å². The van der Waals surface area contributed by atoms with Crippen molar-refractivity contribution in [2.45, 2.75) is 33.9 Å². The zero-order valence-electron chi connectivity index (χ0n) is 17.9. The maximum Gasteiger partial charge on any atom is 0.258 e. The number of benzene rings is 2. The number of carbonyl (C=O) groups is 1. The molecular weight excluding hydrogens is 364 g/mol. The Balaban J connectivity index is 1.93. The van der Waals surface area contributed by atoms with Gasteiger partial charge in [0.05, 0.1) is 7.11 Å². The first-order valence-corrected chi connectivity index (χ1v) is 10.1. The number of hydrogen-bond acceptors (Lipinski definition) is 4. The second-order valence-corrected chi connectivity index (χ2v) is 6.71. The molecule has 5 heteroatoms. The number of nitrogens with one attached hydrogen (secondary N) is 1. The van der Waals surface area contributed by atoms with Crippen LogP contribution in [0.15, 0.2) is 48.5 Å². The molecule has 0 saturated carbocycles. The van der Waals surface area contributed by atoms with Crippen LogP contribution in [0, 0.1) is 0 Å². The molecule has 0 spiro atoms. The van der Waals surface area contributed by atoms with Crippen molar-refractivity contribution >= 4 is 12.0 Å². The highest BCUT2D eigenvalue weighted by molar-refractivity contribution is 5.77. The third-order valence-corrected chi connectivity index (χ3v) is 4.79. The topological polar surface area (TPSA) is 50.8 Å². The van der Waals surface area contributed by atoms with Crippen molar-refractivity contribution in [3.63, 3.8) is 0 Å². The van der Waals surface area contributed by atoms with Gasteiger partial charge in [0.15, 0.2) is 18.1 Å². The molecule has 2 aromatic rings. The van der Waals surface area contributed by atoms with Gasteiger partial charge in [-0.3, -0.25) is 9.69 Å². The molecule has 0 unspecified atom stereocenters. The smallest absolute Gasteiger partial charge is 0.258 e. The fourth-order valence-electron chi connectivity index (χ4n) is 3.06. The second-order valence-electron chi connectivity index (χ2n) is 6.71. The van der Waals surface area contributed by atoms with Gasteiger partial charge in [-0.15, -0.1) is 0 Å². The van der Waals surface area contributed by atoms with E-state index in [2.05, 4.69) is 36.2 Å². The first kappa shape index (κ1) is 22.5. The number of allylic oxidation sites excluding steroid dienone is 1. The van der Waals surface area contributed by atoms with Gasteiger partial charge in [0.1, 0.15) is 0 Å². The predicted molar refractivity (Wildman–Crippen MR) is 118 cm³/mol. The van der Waals surface area contributed by atoms with Gasteiger partial charge in [-0.1, -0.05) is 56.3 Å². The summed E-state index contributed by atoms with van der Waals surface area (Å²) in [5.74, 6) is 0.998. The summed E-state index contributed by atoms with van der Waals surface area (Å²) >= 11 is 0. The lowest BCUT2D eigenvalue weighted by atomic mass is 10.1. The molecule has 0 fully saturated rings. The Hall–Kier alpha value is -2.79. The van der Waals surface area contributed by atoms with Crippen LogP contribution < -0.4 is 14.8 Å². The van der Waals surface area contributed by atoms with Crippen molar-refractivity contribution in [1.29, 1.82) is 0 Å². The third kappa shape index (κ3) is 6.95. The number of nitrogens with zero attached hydrogens (tertiary/aromatic N) is 1. The van der Waals surface area contributed by atoms with Gasteiger partial charge in [0.25, 0.3) is 5.91 Å². The van der Waals surface area contributed by atoms with E-state index in [1.54, 1.807) is 7.11 Å². The SMILES string of the molecule is C/C=C/c1ccc(OCC(=O)NCc2ccccc2CN(CC)CC)c(OC)c1. The third-order valence-electron chi connectivity index (χ3n) is 4.79. The second kappa shape index (κ2) is 11.9. The van der Waals surface area contributed by atoms with Crippen LogP contribution in [0.5, 0.6) is 11.5 Å². The minimum atomic E-state index is -0.165. The minimum Gasteiger partial charge on any atom is -0.493 e. The Bertz CT molecular complexity index is 814. The highest BCUT2D eigenvalue weighted by Crippen LogP contribution is 2.28. The Morgan fingerprint density at radius 1 is 1.07 bits per heavy atom. The molecular formula is C24H32N2O3. The number of ether oxygens (including phenoxy) is 2. The van der Waals surface area contributed by atoms with Gasteiger partial charge in [-0.05, 0) is 48.8 Å². The minimum absolute atomic E-state index is 0.0580. The Kier molecular flexibility index (Phi) is 9.25. The summed E-state index contributed by atoms with van der Waals surface area (Å²) in [4.78, 5) is 14.7. The zero-order chi connectivity index (χ0) is 21.1. The van der Waals surface area contributed by atoms with Crippen LogP contribution in [0.3, 0.4) is 0 Å². The van der Waals surface area contributed by atoms with Gasteiger partial charge < -0.3 is 14.8 Å². The summed E-state index contributed by atoms with van der Waals surface area (Å²) in [6.45, 7) is 9.58.